The first-order valence-electron chi connectivity index (χ1n) is 7.69. The van der Waals surface area contributed by atoms with Crippen LogP contribution in [0.2, 0.25) is 0 Å². The second kappa shape index (κ2) is 6.90. The van der Waals surface area contributed by atoms with Crippen LogP contribution in [0, 0.1) is 6.92 Å². The predicted octanol–water partition coefficient (Wildman–Crippen LogP) is 2.58. The highest BCUT2D eigenvalue weighted by molar-refractivity contribution is 5.79. The Morgan fingerprint density at radius 3 is 2.88 bits per heavy atom. The second-order valence-electron chi connectivity index (χ2n) is 5.55. The number of anilines is 1. The number of ether oxygens (including phenoxy) is 1. The molecule has 1 atom stereocenters. The van der Waals surface area contributed by atoms with E-state index in [1.807, 2.05) is 43.3 Å². The van der Waals surface area contributed by atoms with Gasteiger partial charge in [0.2, 0.25) is 5.89 Å². The number of aliphatic hydroxyl groups excluding tert-OH is 2. The van der Waals surface area contributed by atoms with Crippen molar-refractivity contribution in [3.8, 4) is 17.2 Å². The van der Waals surface area contributed by atoms with Gasteiger partial charge in [-0.1, -0.05) is 6.07 Å². The van der Waals surface area contributed by atoms with E-state index in [4.69, 9.17) is 14.3 Å². The second-order valence-corrected chi connectivity index (χ2v) is 5.55. The lowest BCUT2D eigenvalue weighted by molar-refractivity contribution is 0.105. The fraction of sp³-hybridized carbons (Fsp3) is 0.278. The van der Waals surface area contributed by atoms with Gasteiger partial charge in [-0.25, -0.2) is 4.98 Å². The molecule has 0 saturated heterocycles. The minimum absolute atomic E-state index is 0.269. The van der Waals surface area contributed by atoms with E-state index < -0.39 is 6.10 Å². The molecule has 1 unspecified atom stereocenters. The summed E-state index contributed by atoms with van der Waals surface area (Å²) in [7, 11) is 1.61. The lowest BCUT2D eigenvalue weighted by Crippen LogP contribution is -2.23. The summed E-state index contributed by atoms with van der Waals surface area (Å²) in [5.74, 6) is 1.26. The van der Waals surface area contributed by atoms with E-state index in [1.54, 1.807) is 7.11 Å². The van der Waals surface area contributed by atoms with Crippen molar-refractivity contribution in [3.63, 3.8) is 0 Å². The molecule has 2 aromatic carbocycles. The molecule has 0 amide bonds. The molecule has 0 radical (unpaired) electrons. The number of hydrogen-bond acceptors (Lipinski definition) is 6. The van der Waals surface area contributed by atoms with Crippen molar-refractivity contribution in [1.82, 2.24) is 4.98 Å². The Morgan fingerprint density at radius 2 is 2.12 bits per heavy atom. The molecule has 0 saturated carbocycles. The number of rotatable bonds is 6. The summed E-state index contributed by atoms with van der Waals surface area (Å²) in [5.41, 5.74) is 4.12. The summed E-state index contributed by atoms with van der Waals surface area (Å²) in [4.78, 5) is 4.54. The quantitative estimate of drug-likeness (QED) is 0.644. The Kier molecular flexibility index (Phi) is 4.69. The fourth-order valence-corrected chi connectivity index (χ4v) is 2.50. The number of aliphatic hydroxyl groups is 2. The molecular weight excluding hydrogens is 308 g/mol. The van der Waals surface area contributed by atoms with E-state index in [-0.39, 0.29) is 13.2 Å². The molecule has 0 fully saturated rings. The standard InChI is InChI=1S/C18H20N2O4/c1-11-14(4-3-5-15(11)19-9-12(22)10-21)18-20-16-8-13(23-2)6-7-17(16)24-18/h3-8,12,19,21-22H,9-10H2,1-2H3. The molecule has 24 heavy (non-hydrogen) atoms. The molecule has 1 heterocycles. The lowest BCUT2D eigenvalue weighted by Gasteiger charge is -2.14. The van der Waals surface area contributed by atoms with Crippen LogP contribution in [-0.4, -0.2) is 41.6 Å². The van der Waals surface area contributed by atoms with Gasteiger partial charge in [0.1, 0.15) is 11.3 Å². The van der Waals surface area contributed by atoms with Crippen LogP contribution >= 0.6 is 0 Å². The molecule has 3 N–H and O–H groups in total. The zero-order valence-corrected chi connectivity index (χ0v) is 13.6. The van der Waals surface area contributed by atoms with Gasteiger partial charge in [-0.05, 0) is 36.8 Å². The maximum Gasteiger partial charge on any atom is 0.227 e. The van der Waals surface area contributed by atoms with Gasteiger partial charge in [0, 0.05) is 23.9 Å². The van der Waals surface area contributed by atoms with Gasteiger partial charge in [-0.15, -0.1) is 0 Å². The predicted molar refractivity (Wildman–Crippen MR) is 92.3 cm³/mol. The number of oxazole rings is 1. The van der Waals surface area contributed by atoms with E-state index in [1.165, 1.54) is 0 Å². The topological polar surface area (TPSA) is 87.8 Å². The normalized spacial score (nSPS) is 12.3. The van der Waals surface area contributed by atoms with Crippen LogP contribution in [-0.2, 0) is 0 Å². The van der Waals surface area contributed by atoms with Crippen LogP contribution in [0.4, 0.5) is 5.69 Å². The van der Waals surface area contributed by atoms with Crippen LogP contribution in [0.1, 0.15) is 5.56 Å². The number of fused-ring (bicyclic) bond motifs is 1. The largest absolute Gasteiger partial charge is 0.497 e. The molecule has 0 aliphatic rings. The van der Waals surface area contributed by atoms with Crippen LogP contribution in [0.3, 0.4) is 0 Å². The molecule has 6 heteroatoms. The van der Waals surface area contributed by atoms with Gasteiger partial charge in [0.15, 0.2) is 5.58 Å². The van der Waals surface area contributed by atoms with E-state index >= 15 is 0 Å². The molecule has 3 rings (SSSR count). The van der Waals surface area contributed by atoms with E-state index in [2.05, 4.69) is 10.3 Å². The van der Waals surface area contributed by atoms with Crippen molar-refractivity contribution in [1.29, 1.82) is 0 Å². The zero-order valence-electron chi connectivity index (χ0n) is 13.6. The number of methoxy groups -OCH3 is 1. The molecule has 6 nitrogen and oxygen atoms in total. The van der Waals surface area contributed by atoms with Crippen molar-refractivity contribution in [2.75, 3.05) is 25.6 Å². The first-order chi connectivity index (χ1) is 11.6. The van der Waals surface area contributed by atoms with Crippen molar-refractivity contribution < 1.29 is 19.4 Å². The summed E-state index contributed by atoms with van der Waals surface area (Å²) in [6.45, 7) is 1.95. The Morgan fingerprint density at radius 1 is 1.29 bits per heavy atom. The highest BCUT2D eigenvalue weighted by Gasteiger charge is 2.13. The van der Waals surface area contributed by atoms with Gasteiger partial charge in [0.05, 0.1) is 19.8 Å². The van der Waals surface area contributed by atoms with Crippen molar-refractivity contribution >= 4 is 16.8 Å². The zero-order chi connectivity index (χ0) is 17.1. The summed E-state index contributed by atoms with van der Waals surface area (Å²) < 4.78 is 11.1. The first kappa shape index (κ1) is 16.3. The van der Waals surface area contributed by atoms with Gasteiger partial charge >= 0.3 is 0 Å². The highest BCUT2D eigenvalue weighted by atomic mass is 16.5. The number of nitrogens with zero attached hydrogens (tertiary/aromatic N) is 1. The Hall–Kier alpha value is -2.57. The van der Waals surface area contributed by atoms with Gasteiger partial charge in [0.25, 0.3) is 0 Å². The van der Waals surface area contributed by atoms with Crippen molar-refractivity contribution in [2.45, 2.75) is 13.0 Å². The third-order valence-electron chi connectivity index (χ3n) is 3.90. The third kappa shape index (κ3) is 3.20. The van der Waals surface area contributed by atoms with Crippen LogP contribution < -0.4 is 10.1 Å². The highest BCUT2D eigenvalue weighted by Crippen LogP contribution is 2.31. The summed E-state index contributed by atoms with van der Waals surface area (Å²) in [6.07, 6.45) is -0.801. The molecule has 0 spiro atoms. The number of hydrogen-bond donors (Lipinski definition) is 3. The van der Waals surface area contributed by atoms with Crippen molar-refractivity contribution in [2.24, 2.45) is 0 Å². The van der Waals surface area contributed by atoms with E-state index in [0.29, 0.717) is 11.5 Å². The summed E-state index contributed by atoms with van der Waals surface area (Å²) in [5, 5.41) is 21.5. The molecule has 0 bridgehead atoms. The van der Waals surface area contributed by atoms with Gasteiger partial charge < -0.3 is 24.7 Å². The molecule has 1 aromatic heterocycles. The number of aromatic nitrogens is 1. The molecule has 3 aromatic rings. The Balaban J connectivity index is 1.94. The van der Waals surface area contributed by atoms with E-state index in [0.717, 1.165) is 28.1 Å². The molecule has 0 aliphatic heterocycles. The number of nitrogens with one attached hydrogen (secondary N) is 1. The summed E-state index contributed by atoms with van der Waals surface area (Å²) >= 11 is 0. The fourth-order valence-electron chi connectivity index (χ4n) is 2.50. The minimum Gasteiger partial charge on any atom is -0.497 e. The molecular formula is C18H20N2O4. The first-order valence-corrected chi connectivity index (χ1v) is 7.69. The van der Waals surface area contributed by atoms with Crippen LogP contribution in [0.5, 0.6) is 5.75 Å². The maximum absolute atomic E-state index is 9.49. The maximum atomic E-state index is 9.49. The van der Waals surface area contributed by atoms with Gasteiger partial charge in [-0.3, -0.25) is 0 Å². The Bertz CT molecular complexity index is 844. The SMILES string of the molecule is COc1ccc2oc(-c3cccc(NCC(O)CO)c3C)nc2c1. The third-order valence-corrected chi connectivity index (χ3v) is 3.90. The summed E-state index contributed by atoms with van der Waals surface area (Å²) in [6, 6.07) is 11.2. The smallest absolute Gasteiger partial charge is 0.227 e. The minimum atomic E-state index is -0.801. The van der Waals surface area contributed by atoms with Crippen molar-refractivity contribution in [3.05, 3.63) is 42.0 Å². The van der Waals surface area contributed by atoms with Gasteiger partial charge in [-0.2, -0.15) is 0 Å². The Labute approximate surface area is 139 Å². The average molecular weight is 328 g/mol. The average Bonchev–Trinajstić information content (AvgIpc) is 3.03. The number of benzene rings is 2. The molecule has 126 valence electrons. The van der Waals surface area contributed by atoms with Crippen LogP contribution in [0.25, 0.3) is 22.6 Å². The monoisotopic (exact) mass is 328 g/mol. The van der Waals surface area contributed by atoms with E-state index in [9.17, 15) is 5.11 Å². The molecule has 0 aliphatic carbocycles. The lowest BCUT2D eigenvalue weighted by atomic mass is 10.1. The van der Waals surface area contributed by atoms with Crippen LogP contribution in [0.15, 0.2) is 40.8 Å².